The molecule has 0 aliphatic carbocycles. The van der Waals surface area contributed by atoms with Crippen LogP contribution in [0.3, 0.4) is 0 Å². The van der Waals surface area contributed by atoms with Crippen LogP contribution < -0.4 is 0 Å². The number of hydrogen-bond acceptors (Lipinski definition) is 5. The van der Waals surface area contributed by atoms with Crippen molar-refractivity contribution in [2.45, 2.75) is 25.8 Å². The van der Waals surface area contributed by atoms with Gasteiger partial charge in [-0.2, -0.15) is 5.10 Å². The fraction of sp³-hybridized carbons (Fsp3) is 0.200. The first-order valence-corrected chi connectivity index (χ1v) is 13.0. The number of imidazole rings is 1. The minimum Gasteiger partial charge on any atom is -0.337 e. The van der Waals surface area contributed by atoms with Gasteiger partial charge in [0.25, 0.3) is 0 Å². The summed E-state index contributed by atoms with van der Waals surface area (Å²) in [5.41, 5.74) is 8.15. The molecular weight excluding hydrogens is 477 g/mol. The maximum Gasteiger partial charge on any atom is 0.159 e. The first kappa shape index (κ1) is 22.7. The van der Waals surface area contributed by atoms with Crippen molar-refractivity contribution >= 4 is 22.1 Å². The van der Waals surface area contributed by atoms with E-state index < -0.39 is 0 Å². The van der Waals surface area contributed by atoms with Crippen LogP contribution in [0.2, 0.25) is 0 Å². The lowest BCUT2D eigenvalue weighted by atomic mass is 10.0. The molecule has 1 fully saturated rings. The van der Waals surface area contributed by atoms with Crippen LogP contribution >= 0.6 is 0 Å². The number of nitrogens with one attached hydrogen (secondary N) is 2. The van der Waals surface area contributed by atoms with E-state index in [2.05, 4.69) is 42.2 Å². The van der Waals surface area contributed by atoms with Crippen molar-refractivity contribution in [2.24, 2.45) is 0 Å². The summed E-state index contributed by atoms with van der Waals surface area (Å²) in [5.74, 6) is 0.388. The number of halogens is 1. The Labute approximate surface area is 218 Å². The average Bonchev–Trinajstić information content (AvgIpc) is 3.58. The number of aromatic amines is 2. The van der Waals surface area contributed by atoms with E-state index in [9.17, 15) is 4.39 Å². The smallest absolute Gasteiger partial charge is 0.159 e. The Morgan fingerprint density at radius 1 is 0.868 bits per heavy atom. The third-order valence-corrected chi connectivity index (χ3v) is 7.29. The fourth-order valence-electron chi connectivity index (χ4n) is 5.36. The van der Waals surface area contributed by atoms with Crippen LogP contribution in [-0.4, -0.2) is 48.1 Å². The van der Waals surface area contributed by atoms with Gasteiger partial charge in [-0.05, 0) is 67.4 Å². The second-order valence-electron chi connectivity index (χ2n) is 9.91. The summed E-state index contributed by atoms with van der Waals surface area (Å²) >= 11 is 0. The number of rotatable bonds is 5. The molecule has 6 aromatic rings. The monoisotopic (exact) mass is 503 g/mol. The molecule has 1 aliphatic rings. The van der Waals surface area contributed by atoms with Gasteiger partial charge in [0.05, 0.1) is 16.4 Å². The van der Waals surface area contributed by atoms with E-state index in [0.29, 0.717) is 17.2 Å². The molecule has 2 N–H and O–H groups in total. The summed E-state index contributed by atoms with van der Waals surface area (Å²) in [7, 11) is 0. The molecule has 0 spiro atoms. The molecule has 1 saturated heterocycles. The van der Waals surface area contributed by atoms with Crippen molar-refractivity contribution in [1.82, 2.24) is 35.0 Å². The van der Waals surface area contributed by atoms with Crippen molar-refractivity contribution in [3.63, 3.8) is 0 Å². The van der Waals surface area contributed by atoms with E-state index in [-0.39, 0.29) is 5.82 Å². The summed E-state index contributed by atoms with van der Waals surface area (Å²) < 4.78 is 13.5. The lowest BCUT2D eigenvalue weighted by Crippen LogP contribution is -2.29. The molecule has 8 heteroatoms. The molecular formula is C30H26FN7. The Hall–Kier alpha value is -4.43. The number of benzene rings is 2. The summed E-state index contributed by atoms with van der Waals surface area (Å²) in [6, 6.07) is 16.7. The molecule has 0 atom stereocenters. The largest absolute Gasteiger partial charge is 0.337 e. The Morgan fingerprint density at radius 2 is 1.71 bits per heavy atom. The van der Waals surface area contributed by atoms with E-state index in [1.54, 1.807) is 12.1 Å². The van der Waals surface area contributed by atoms with E-state index in [4.69, 9.17) is 4.98 Å². The number of para-hydroxylation sites is 1. The zero-order valence-electron chi connectivity index (χ0n) is 20.8. The third-order valence-electron chi connectivity index (χ3n) is 7.29. The molecule has 0 bridgehead atoms. The lowest BCUT2D eigenvalue weighted by Gasteiger charge is -2.26. The maximum absolute atomic E-state index is 13.5. The van der Waals surface area contributed by atoms with Crippen molar-refractivity contribution < 1.29 is 4.39 Å². The van der Waals surface area contributed by atoms with Crippen LogP contribution in [0, 0.1) is 5.82 Å². The van der Waals surface area contributed by atoms with Gasteiger partial charge >= 0.3 is 0 Å². The highest BCUT2D eigenvalue weighted by atomic mass is 19.1. The van der Waals surface area contributed by atoms with Gasteiger partial charge in [0.1, 0.15) is 11.5 Å². The Balaban J connectivity index is 1.25. The van der Waals surface area contributed by atoms with Crippen molar-refractivity contribution in [3.05, 3.63) is 84.6 Å². The van der Waals surface area contributed by atoms with Gasteiger partial charge in [-0.1, -0.05) is 30.7 Å². The molecule has 2 aromatic carbocycles. The highest BCUT2D eigenvalue weighted by Gasteiger charge is 2.17. The number of fused-ring (bicyclic) bond motifs is 2. The van der Waals surface area contributed by atoms with E-state index >= 15 is 0 Å². The predicted octanol–water partition coefficient (Wildman–Crippen LogP) is 6.36. The summed E-state index contributed by atoms with van der Waals surface area (Å²) in [6.45, 7) is 3.22. The molecule has 38 heavy (non-hydrogen) atoms. The molecule has 0 radical (unpaired) electrons. The Bertz CT molecular complexity index is 1750. The van der Waals surface area contributed by atoms with Crippen LogP contribution in [0.1, 0.15) is 24.8 Å². The van der Waals surface area contributed by atoms with E-state index in [0.717, 1.165) is 58.3 Å². The van der Waals surface area contributed by atoms with Crippen LogP contribution in [0.15, 0.2) is 73.2 Å². The van der Waals surface area contributed by atoms with Crippen molar-refractivity contribution in [2.75, 3.05) is 13.1 Å². The first-order chi connectivity index (χ1) is 18.7. The predicted molar refractivity (Wildman–Crippen MR) is 147 cm³/mol. The normalized spacial score (nSPS) is 14.4. The number of pyridine rings is 2. The number of aromatic nitrogens is 6. The van der Waals surface area contributed by atoms with E-state index in [1.807, 2.05) is 36.8 Å². The molecule has 7 rings (SSSR count). The minimum atomic E-state index is -0.262. The molecule has 0 amide bonds. The number of likely N-dealkylation sites (tertiary alicyclic amines) is 1. The average molecular weight is 504 g/mol. The standard InChI is InChI=1S/C30H26FN7/c31-23-9-7-20(8-10-23)24-5-4-6-26-27(24)35-30(34-26)28-25-14-22(17-33-29(25)37-36-28)21-13-19(15-32-16-21)18-38-11-2-1-3-12-38/h4-10,13-17H,1-3,11-12,18H2,(H,34,35)(H,33,36,37). The molecule has 5 heterocycles. The topological polar surface area (TPSA) is 86.4 Å². The Morgan fingerprint density at radius 3 is 2.58 bits per heavy atom. The number of H-pyrrole nitrogens is 2. The fourth-order valence-corrected chi connectivity index (χ4v) is 5.36. The summed E-state index contributed by atoms with van der Waals surface area (Å²) in [6.07, 6.45) is 9.57. The number of hydrogen-bond donors (Lipinski definition) is 2. The number of nitrogens with zero attached hydrogens (tertiary/aromatic N) is 5. The highest BCUT2D eigenvalue weighted by molar-refractivity contribution is 5.97. The van der Waals surface area contributed by atoms with Crippen molar-refractivity contribution in [1.29, 1.82) is 0 Å². The zero-order chi connectivity index (χ0) is 25.5. The SMILES string of the molecule is Fc1ccc(-c2cccc3[nH]c(-c4n[nH]c5ncc(-c6cncc(CN7CCCCC7)c6)cc45)nc23)cc1. The molecule has 0 saturated carbocycles. The van der Waals surface area contributed by atoms with Crippen molar-refractivity contribution in [3.8, 4) is 33.8 Å². The second-order valence-corrected chi connectivity index (χ2v) is 9.91. The minimum absolute atomic E-state index is 0.262. The summed E-state index contributed by atoms with van der Waals surface area (Å²) in [5, 5.41) is 8.47. The third kappa shape index (κ3) is 4.22. The second kappa shape index (κ2) is 9.46. The van der Waals surface area contributed by atoms with Crippen LogP contribution in [-0.2, 0) is 6.54 Å². The van der Waals surface area contributed by atoms with Gasteiger partial charge in [-0.25, -0.2) is 14.4 Å². The zero-order valence-corrected chi connectivity index (χ0v) is 20.8. The van der Waals surface area contributed by atoms with Gasteiger partial charge in [-0.15, -0.1) is 0 Å². The molecule has 188 valence electrons. The Kier molecular flexibility index (Phi) is 5.66. The van der Waals surface area contributed by atoms with Crippen LogP contribution in [0.5, 0.6) is 0 Å². The van der Waals surface area contributed by atoms with Gasteiger partial charge in [0.15, 0.2) is 11.5 Å². The quantitative estimate of drug-likeness (QED) is 0.286. The number of piperidine rings is 1. The van der Waals surface area contributed by atoms with E-state index in [1.165, 1.54) is 37.0 Å². The lowest BCUT2D eigenvalue weighted by molar-refractivity contribution is 0.220. The molecule has 1 aliphatic heterocycles. The maximum atomic E-state index is 13.5. The van der Waals surface area contributed by atoms with Gasteiger partial charge in [0, 0.05) is 41.8 Å². The molecule has 4 aromatic heterocycles. The van der Waals surface area contributed by atoms with Gasteiger partial charge in [-0.3, -0.25) is 15.0 Å². The van der Waals surface area contributed by atoms with Gasteiger partial charge in [0.2, 0.25) is 0 Å². The van der Waals surface area contributed by atoms with Gasteiger partial charge < -0.3 is 4.98 Å². The summed E-state index contributed by atoms with van der Waals surface area (Å²) in [4.78, 5) is 20.0. The molecule has 0 unspecified atom stereocenters. The molecule has 7 nitrogen and oxygen atoms in total. The van der Waals surface area contributed by atoms with Crippen LogP contribution in [0.4, 0.5) is 4.39 Å². The first-order valence-electron chi connectivity index (χ1n) is 13.0. The van der Waals surface area contributed by atoms with Crippen LogP contribution in [0.25, 0.3) is 55.8 Å². The highest BCUT2D eigenvalue weighted by Crippen LogP contribution is 2.32.